The Bertz CT molecular complexity index is 765. The lowest BCUT2D eigenvalue weighted by molar-refractivity contribution is 0.308. The monoisotopic (exact) mass is 407 g/mol. The van der Waals surface area contributed by atoms with Gasteiger partial charge in [-0.1, -0.05) is 41.9 Å². The molecule has 0 fully saturated rings. The molecule has 1 atom stereocenters. The molecule has 0 aromatic heterocycles. The SMILES string of the molecule is Cl.NC1=NC(c2ccccc2)NC(=NCCCCOc2ccc(Cl)cc2)N1. The highest BCUT2D eigenvalue weighted by Gasteiger charge is 2.17. The molecule has 144 valence electrons. The van der Waals surface area contributed by atoms with E-state index < -0.39 is 0 Å². The zero-order valence-corrected chi connectivity index (χ0v) is 16.3. The van der Waals surface area contributed by atoms with Gasteiger partial charge in [-0.25, -0.2) is 4.99 Å². The van der Waals surface area contributed by atoms with Crippen LogP contribution in [0.1, 0.15) is 24.6 Å². The van der Waals surface area contributed by atoms with Crippen molar-refractivity contribution in [3.8, 4) is 5.75 Å². The van der Waals surface area contributed by atoms with Crippen molar-refractivity contribution in [1.82, 2.24) is 10.6 Å². The van der Waals surface area contributed by atoms with Crippen molar-refractivity contribution in [1.29, 1.82) is 0 Å². The largest absolute Gasteiger partial charge is 0.494 e. The third-order valence-corrected chi connectivity index (χ3v) is 4.06. The van der Waals surface area contributed by atoms with E-state index in [2.05, 4.69) is 20.6 Å². The highest BCUT2D eigenvalue weighted by molar-refractivity contribution is 6.30. The van der Waals surface area contributed by atoms with E-state index in [1.54, 1.807) is 0 Å². The van der Waals surface area contributed by atoms with Crippen LogP contribution in [0, 0.1) is 0 Å². The van der Waals surface area contributed by atoms with Gasteiger partial charge in [0.1, 0.15) is 5.75 Å². The summed E-state index contributed by atoms with van der Waals surface area (Å²) in [6, 6.07) is 17.3. The molecule has 1 heterocycles. The molecule has 2 aromatic rings. The van der Waals surface area contributed by atoms with Gasteiger partial charge in [0.25, 0.3) is 0 Å². The number of hydrogen-bond acceptors (Lipinski definition) is 4. The van der Waals surface area contributed by atoms with Crippen LogP contribution in [-0.2, 0) is 0 Å². The minimum Gasteiger partial charge on any atom is -0.494 e. The summed E-state index contributed by atoms with van der Waals surface area (Å²) in [5.41, 5.74) is 6.91. The van der Waals surface area contributed by atoms with Crippen LogP contribution in [0.3, 0.4) is 0 Å². The van der Waals surface area contributed by atoms with Gasteiger partial charge in [0, 0.05) is 11.6 Å². The lowest BCUT2D eigenvalue weighted by Gasteiger charge is -2.24. The number of aliphatic imine (C=N–C) groups is 2. The maximum Gasteiger partial charge on any atom is 0.200 e. The first kappa shape index (κ1) is 20.9. The molecule has 4 N–H and O–H groups in total. The molecule has 8 heteroatoms. The summed E-state index contributed by atoms with van der Waals surface area (Å²) < 4.78 is 5.67. The summed E-state index contributed by atoms with van der Waals surface area (Å²) in [4.78, 5) is 8.89. The number of hydrogen-bond donors (Lipinski definition) is 3. The Balaban J connectivity index is 0.00000261. The summed E-state index contributed by atoms with van der Waals surface area (Å²) in [5, 5.41) is 6.92. The van der Waals surface area contributed by atoms with E-state index in [0.717, 1.165) is 24.2 Å². The van der Waals surface area contributed by atoms with Gasteiger partial charge in [0.05, 0.1) is 6.61 Å². The van der Waals surface area contributed by atoms with Crippen molar-refractivity contribution in [2.45, 2.75) is 19.0 Å². The quantitative estimate of drug-likeness (QED) is 0.613. The zero-order chi connectivity index (χ0) is 18.2. The molecule has 0 amide bonds. The third-order valence-electron chi connectivity index (χ3n) is 3.81. The van der Waals surface area contributed by atoms with E-state index in [-0.39, 0.29) is 18.6 Å². The maximum absolute atomic E-state index is 5.87. The second kappa shape index (κ2) is 10.6. The highest BCUT2D eigenvalue weighted by Crippen LogP contribution is 2.16. The first-order chi connectivity index (χ1) is 12.7. The highest BCUT2D eigenvalue weighted by atomic mass is 35.5. The predicted molar refractivity (Wildman–Crippen MR) is 113 cm³/mol. The van der Waals surface area contributed by atoms with Gasteiger partial charge in [-0.3, -0.25) is 10.3 Å². The van der Waals surface area contributed by atoms with E-state index in [9.17, 15) is 0 Å². The maximum atomic E-state index is 5.87. The lowest BCUT2D eigenvalue weighted by atomic mass is 10.2. The number of rotatable bonds is 7. The van der Waals surface area contributed by atoms with Crippen LogP contribution in [0.25, 0.3) is 0 Å². The summed E-state index contributed by atoms with van der Waals surface area (Å²) in [6.07, 6.45) is 1.60. The zero-order valence-electron chi connectivity index (χ0n) is 14.8. The number of halogens is 2. The first-order valence-electron chi connectivity index (χ1n) is 8.55. The van der Waals surface area contributed by atoms with Gasteiger partial charge in [-0.05, 0) is 42.7 Å². The van der Waals surface area contributed by atoms with E-state index in [1.165, 1.54) is 0 Å². The van der Waals surface area contributed by atoms with Crippen molar-refractivity contribution < 1.29 is 4.74 Å². The molecule has 2 aromatic carbocycles. The number of nitrogens with zero attached hydrogens (tertiary/aromatic N) is 2. The van der Waals surface area contributed by atoms with Crippen molar-refractivity contribution in [2.75, 3.05) is 13.2 Å². The van der Waals surface area contributed by atoms with Crippen LogP contribution in [0.2, 0.25) is 5.02 Å². The molecule has 0 bridgehead atoms. The minimum atomic E-state index is -0.218. The Labute approximate surface area is 170 Å². The minimum absolute atomic E-state index is 0. The van der Waals surface area contributed by atoms with Crippen LogP contribution < -0.4 is 21.1 Å². The smallest absolute Gasteiger partial charge is 0.200 e. The molecule has 0 spiro atoms. The van der Waals surface area contributed by atoms with Gasteiger partial charge >= 0.3 is 0 Å². The Morgan fingerprint density at radius 3 is 2.56 bits per heavy atom. The van der Waals surface area contributed by atoms with Gasteiger partial charge in [0.2, 0.25) is 0 Å². The van der Waals surface area contributed by atoms with Crippen LogP contribution in [0.15, 0.2) is 64.6 Å². The van der Waals surface area contributed by atoms with Crippen molar-refractivity contribution in [3.63, 3.8) is 0 Å². The van der Waals surface area contributed by atoms with Crippen molar-refractivity contribution >= 4 is 35.9 Å². The van der Waals surface area contributed by atoms with E-state index in [4.69, 9.17) is 22.1 Å². The fraction of sp³-hybridized carbons (Fsp3) is 0.263. The Kier molecular flexibility index (Phi) is 8.23. The Hall–Kier alpha value is -2.44. The first-order valence-corrected chi connectivity index (χ1v) is 8.93. The summed E-state index contributed by atoms with van der Waals surface area (Å²) >= 11 is 5.85. The fourth-order valence-electron chi connectivity index (χ4n) is 2.49. The van der Waals surface area contributed by atoms with Gasteiger partial charge in [-0.2, -0.15) is 0 Å². The second-order valence-electron chi connectivity index (χ2n) is 5.84. The molecule has 1 aliphatic rings. The summed E-state index contributed by atoms with van der Waals surface area (Å²) in [7, 11) is 0. The molecule has 0 radical (unpaired) electrons. The second-order valence-corrected chi connectivity index (χ2v) is 6.27. The van der Waals surface area contributed by atoms with Crippen LogP contribution in [0.4, 0.5) is 0 Å². The van der Waals surface area contributed by atoms with Crippen LogP contribution >= 0.6 is 24.0 Å². The number of benzene rings is 2. The molecule has 0 saturated heterocycles. The topological polar surface area (TPSA) is 84.0 Å². The third kappa shape index (κ3) is 6.66. The molecule has 0 saturated carbocycles. The fourth-order valence-corrected chi connectivity index (χ4v) is 2.62. The molecular formula is C19H23Cl2N5O. The molecule has 3 rings (SSSR count). The Morgan fingerprint density at radius 2 is 1.81 bits per heavy atom. The van der Waals surface area contributed by atoms with Crippen molar-refractivity contribution in [3.05, 3.63) is 65.2 Å². The van der Waals surface area contributed by atoms with Crippen LogP contribution in [0.5, 0.6) is 5.75 Å². The molecule has 27 heavy (non-hydrogen) atoms. The van der Waals surface area contributed by atoms with Gasteiger partial charge < -0.3 is 15.8 Å². The number of unbranched alkanes of at least 4 members (excludes halogenated alkanes) is 1. The Morgan fingerprint density at radius 1 is 1.07 bits per heavy atom. The molecule has 6 nitrogen and oxygen atoms in total. The average molecular weight is 408 g/mol. The molecule has 0 aliphatic carbocycles. The lowest BCUT2D eigenvalue weighted by Crippen LogP contribution is -2.50. The van der Waals surface area contributed by atoms with Gasteiger partial charge in [0.15, 0.2) is 18.1 Å². The summed E-state index contributed by atoms with van der Waals surface area (Å²) in [5.74, 6) is 1.83. The van der Waals surface area contributed by atoms with E-state index in [1.807, 2.05) is 54.6 Å². The number of nitrogens with two attached hydrogens (primary N) is 1. The molecule has 1 unspecified atom stereocenters. The standard InChI is InChI=1S/C19H22ClN5O.ClH/c20-15-8-10-16(11-9-15)26-13-5-4-12-22-19-24-17(23-18(21)25-19)14-6-2-1-3-7-14;/h1-3,6-11,17H,4-5,12-13H2,(H4,21,22,23,24,25);1H. The molecular weight excluding hydrogens is 385 g/mol. The van der Waals surface area contributed by atoms with E-state index >= 15 is 0 Å². The number of ether oxygens (including phenoxy) is 1. The molecule has 1 aliphatic heterocycles. The number of nitrogens with one attached hydrogen (secondary N) is 2. The summed E-state index contributed by atoms with van der Waals surface area (Å²) in [6.45, 7) is 1.32. The van der Waals surface area contributed by atoms with Crippen molar-refractivity contribution in [2.24, 2.45) is 15.7 Å². The van der Waals surface area contributed by atoms with Gasteiger partial charge in [-0.15, -0.1) is 12.4 Å². The van der Waals surface area contributed by atoms with Crippen LogP contribution in [-0.4, -0.2) is 25.1 Å². The number of guanidine groups is 2. The average Bonchev–Trinajstić information content (AvgIpc) is 2.66. The normalized spacial score (nSPS) is 17.3. The van der Waals surface area contributed by atoms with E-state index in [0.29, 0.717) is 30.1 Å². The predicted octanol–water partition coefficient (Wildman–Crippen LogP) is 3.48.